The number of thioether (sulfide) groups is 1. The third kappa shape index (κ3) is 3.35. The summed E-state index contributed by atoms with van der Waals surface area (Å²) in [4.78, 5) is 47.4. The van der Waals surface area contributed by atoms with Gasteiger partial charge >= 0.3 is 0 Å². The summed E-state index contributed by atoms with van der Waals surface area (Å²) in [5.74, 6) is -0.299. The molecular weight excluding hydrogens is 354 g/mol. The van der Waals surface area contributed by atoms with E-state index in [0.29, 0.717) is 28.9 Å². The molecule has 1 aliphatic carbocycles. The van der Waals surface area contributed by atoms with Gasteiger partial charge in [0.15, 0.2) is 11.5 Å². The lowest BCUT2D eigenvalue weighted by atomic mass is 9.90. The molecule has 1 saturated heterocycles. The van der Waals surface area contributed by atoms with Gasteiger partial charge in [-0.15, -0.1) is 0 Å². The number of nitrogens with one attached hydrogen (secondary N) is 1. The Kier molecular flexibility index (Phi) is 4.82. The van der Waals surface area contributed by atoms with Crippen LogP contribution in [0.3, 0.4) is 0 Å². The van der Waals surface area contributed by atoms with Crippen molar-refractivity contribution in [1.82, 2.24) is 5.32 Å². The zero-order chi connectivity index (χ0) is 19.0. The van der Waals surface area contributed by atoms with Crippen molar-refractivity contribution in [3.05, 3.63) is 52.3 Å². The SMILES string of the molecule is CC1=C(C)C(=O)C(Oc2ccc(CC3SC(=O)NC3=O)cc2)=C(C)C1=O. The Morgan fingerprint density at radius 1 is 0.923 bits per heavy atom. The summed E-state index contributed by atoms with van der Waals surface area (Å²) in [5.41, 5.74) is 1.99. The van der Waals surface area contributed by atoms with E-state index in [2.05, 4.69) is 5.32 Å². The van der Waals surface area contributed by atoms with Crippen LogP contribution in [0.1, 0.15) is 26.3 Å². The number of hydrogen-bond acceptors (Lipinski definition) is 6. The maximum Gasteiger partial charge on any atom is 0.286 e. The number of carbonyl (C=O) groups is 4. The molecular formula is C19H17NO5S. The number of ether oxygens (including phenoxy) is 1. The highest BCUT2D eigenvalue weighted by molar-refractivity contribution is 8.15. The van der Waals surface area contributed by atoms with Gasteiger partial charge in [-0.1, -0.05) is 23.9 Å². The lowest BCUT2D eigenvalue weighted by molar-refractivity contribution is -0.119. The number of ketones is 2. The Morgan fingerprint density at radius 2 is 1.54 bits per heavy atom. The van der Waals surface area contributed by atoms with E-state index in [1.807, 2.05) is 0 Å². The number of rotatable bonds is 4. The molecule has 0 radical (unpaired) electrons. The highest BCUT2D eigenvalue weighted by Crippen LogP contribution is 2.28. The van der Waals surface area contributed by atoms with Crippen LogP contribution in [0.5, 0.6) is 5.75 Å². The van der Waals surface area contributed by atoms with Gasteiger partial charge in [0.2, 0.25) is 11.7 Å². The summed E-state index contributed by atoms with van der Waals surface area (Å²) in [7, 11) is 0. The predicted octanol–water partition coefficient (Wildman–Crippen LogP) is 2.72. The minimum atomic E-state index is -0.437. The van der Waals surface area contributed by atoms with Gasteiger partial charge in [0.05, 0.1) is 5.25 Å². The summed E-state index contributed by atoms with van der Waals surface area (Å²) < 4.78 is 5.67. The fourth-order valence-electron chi connectivity index (χ4n) is 2.74. The third-order valence-electron chi connectivity index (χ3n) is 4.46. The Labute approximate surface area is 154 Å². The van der Waals surface area contributed by atoms with E-state index in [1.165, 1.54) is 0 Å². The van der Waals surface area contributed by atoms with Crippen LogP contribution >= 0.6 is 11.8 Å². The monoisotopic (exact) mass is 371 g/mol. The van der Waals surface area contributed by atoms with Crippen LogP contribution in [0.4, 0.5) is 4.79 Å². The van der Waals surface area contributed by atoms with Crippen LogP contribution < -0.4 is 10.1 Å². The van der Waals surface area contributed by atoms with Crippen LogP contribution in [0.25, 0.3) is 0 Å². The second-order valence-electron chi connectivity index (χ2n) is 6.20. The maximum atomic E-state index is 12.4. The largest absolute Gasteiger partial charge is 0.453 e. The predicted molar refractivity (Wildman–Crippen MR) is 96.8 cm³/mol. The van der Waals surface area contributed by atoms with Crippen LogP contribution in [0.15, 0.2) is 46.7 Å². The second-order valence-corrected chi connectivity index (χ2v) is 7.37. The number of amides is 2. The average molecular weight is 371 g/mol. The minimum absolute atomic E-state index is 0.0437. The molecule has 1 N–H and O–H groups in total. The van der Waals surface area contributed by atoms with Gasteiger partial charge in [0.25, 0.3) is 5.24 Å². The van der Waals surface area contributed by atoms with Crippen molar-refractivity contribution in [2.45, 2.75) is 32.4 Å². The minimum Gasteiger partial charge on any atom is -0.453 e. The van der Waals surface area contributed by atoms with E-state index >= 15 is 0 Å². The van der Waals surface area contributed by atoms with Crippen molar-refractivity contribution in [1.29, 1.82) is 0 Å². The van der Waals surface area contributed by atoms with Crippen molar-refractivity contribution in [3.8, 4) is 5.75 Å². The number of allylic oxidation sites excluding steroid dienone is 3. The topological polar surface area (TPSA) is 89.5 Å². The standard InChI is InChI=1S/C19H17NO5S/c1-9-10(2)16(22)17(11(3)15(9)21)25-13-6-4-12(5-7-13)8-14-18(23)20-19(24)26-14/h4-7,14H,8H2,1-3H3,(H,20,23,24). The Morgan fingerprint density at radius 3 is 2.12 bits per heavy atom. The van der Waals surface area contributed by atoms with Crippen molar-refractivity contribution < 1.29 is 23.9 Å². The van der Waals surface area contributed by atoms with E-state index in [-0.39, 0.29) is 28.5 Å². The molecule has 0 saturated carbocycles. The number of Topliss-reactive ketones (excluding diaryl/α,β-unsaturated/α-hetero) is 2. The van der Waals surface area contributed by atoms with Gasteiger partial charge in [0, 0.05) is 16.7 Å². The Hall–Kier alpha value is -2.67. The van der Waals surface area contributed by atoms with E-state index in [9.17, 15) is 19.2 Å². The fourth-order valence-corrected chi connectivity index (χ4v) is 3.60. The molecule has 2 aliphatic rings. The molecule has 1 unspecified atom stereocenters. The normalized spacial score (nSPS) is 20.8. The summed E-state index contributed by atoms with van der Waals surface area (Å²) in [6.45, 7) is 4.82. The number of hydrogen-bond donors (Lipinski definition) is 1. The lowest BCUT2D eigenvalue weighted by Gasteiger charge is -2.18. The van der Waals surface area contributed by atoms with Gasteiger partial charge in [0.1, 0.15) is 5.75 Å². The van der Waals surface area contributed by atoms with Crippen molar-refractivity contribution in [2.24, 2.45) is 0 Å². The molecule has 7 heteroatoms. The Bertz CT molecular complexity index is 895. The lowest BCUT2D eigenvalue weighted by Crippen LogP contribution is -2.25. The van der Waals surface area contributed by atoms with Crippen molar-refractivity contribution >= 4 is 34.5 Å². The zero-order valence-electron chi connectivity index (χ0n) is 14.5. The third-order valence-corrected chi connectivity index (χ3v) is 5.44. The molecule has 3 rings (SSSR count). The van der Waals surface area contributed by atoms with Gasteiger partial charge < -0.3 is 4.74 Å². The highest BCUT2D eigenvalue weighted by atomic mass is 32.2. The first-order valence-corrected chi connectivity index (χ1v) is 8.92. The molecule has 1 fully saturated rings. The first-order chi connectivity index (χ1) is 12.3. The Balaban J connectivity index is 1.74. The molecule has 0 bridgehead atoms. The number of imide groups is 1. The van der Waals surface area contributed by atoms with Crippen LogP contribution in [0, 0.1) is 0 Å². The summed E-state index contributed by atoms with van der Waals surface area (Å²) in [5, 5.41) is 1.49. The quantitative estimate of drug-likeness (QED) is 0.819. The molecule has 6 nitrogen and oxygen atoms in total. The van der Waals surface area contributed by atoms with Crippen LogP contribution in [-0.2, 0) is 20.8 Å². The highest BCUT2D eigenvalue weighted by Gasteiger charge is 2.32. The fraction of sp³-hybridized carbons (Fsp3) is 0.263. The summed E-state index contributed by atoms with van der Waals surface area (Å²) in [6.07, 6.45) is 0.419. The van der Waals surface area contributed by atoms with Gasteiger partial charge in [-0.2, -0.15) is 0 Å². The summed E-state index contributed by atoms with van der Waals surface area (Å²) in [6, 6.07) is 6.89. The molecule has 1 aromatic carbocycles. The van der Waals surface area contributed by atoms with E-state index in [0.717, 1.165) is 17.3 Å². The van der Waals surface area contributed by atoms with Gasteiger partial charge in [-0.3, -0.25) is 24.5 Å². The molecule has 0 aromatic heterocycles. The molecule has 134 valence electrons. The van der Waals surface area contributed by atoms with Crippen molar-refractivity contribution in [3.63, 3.8) is 0 Å². The van der Waals surface area contributed by atoms with Crippen molar-refractivity contribution in [2.75, 3.05) is 0 Å². The summed E-state index contributed by atoms with van der Waals surface area (Å²) >= 11 is 0.977. The van der Waals surface area contributed by atoms with Crippen LogP contribution in [0.2, 0.25) is 0 Å². The van der Waals surface area contributed by atoms with Gasteiger partial charge in [-0.25, -0.2) is 0 Å². The van der Waals surface area contributed by atoms with E-state index in [1.54, 1.807) is 45.0 Å². The molecule has 1 atom stereocenters. The first kappa shape index (κ1) is 18.1. The number of benzene rings is 1. The molecule has 2 amide bonds. The maximum absolute atomic E-state index is 12.4. The van der Waals surface area contributed by atoms with E-state index in [4.69, 9.17) is 4.74 Å². The van der Waals surface area contributed by atoms with Crippen LogP contribution in [-0.4, -0.2) is 28.0 Å². The molecule has 1 heterocycles. The molecule has 1 aromatic rings. The average Bonchev–Trinajstić information content (AvgIpc) is 2.94. The second kappa shape index (κ2) is 6.92. The first-order valence-electron chi connectivity index (χ1n) is 8.04. The molecule has 1 aliphatic heterocycles. The molecule has 26 heavy (non-hydrogen) atoms. The smallest absolute Gasteiger partial charge is 0.286 e. The number of carbonyl (C=O) groups excluding carboxylic acids is 4. The van der Waals surface area contributed by atoms with Gasteiger partial charge in [-0.05, 0) is 44.9 Å². The van der Waals surface area contributed by atoms with E-state index < -0.39 is 5.25 Å². The molecule has 0 spiro atoms. The zero-order valence-corrected chi connectivity index (χ0v) is 15.4.